The smallest absolute Gasteiger partial charge is 0.323 e. The monoisotopic (exact) mass is 476 g/mol. The fourth-order valence-electron chi connectivity index (χ4n) is 3.63. The van der Waals surface area contributed by atoms with E-state index in [0.29, 0.717) is 25.1 Å². The van der Waals surface area contributed by atoms with Crippen LogP contribution in [-0.4, -0.2) is 65.4 Å². The summed E-state index contributed by atoms with van der Waals surface area (Å²) in [6.07, 6.45) is 1.13. The number of carbonyl (C=O) groups excluding carboxylic acids is 2. The number of esters is 1. The van der Waals surface area contributed by atoms with E-state index >= 15 is 0 Å². The van der Waals surface area contributed by atoms with E-state index in [1.807, 2.05) is 47.8 Å². The number of carbonyl (C=O) groups is 3. The van der Waals surface area contributed by atoms with Gasteiger partial charge >= 0.3 is 11.9 Å². The summed E-state index contributed by atoms with van der Waals surface area (Å²) in [5.41, 5.74) is 1.09. The Morgan fingerprint density at radius 1 is 1.25 bits per heavy atom. The first-order valence-corrected chi connectivity index (χ1v) is 12.5. The highest BCUT2D eigenvalue weighted by Gasteiger charge is 2.36. The van der Waals surface area contributed by atoms with Crippen LogP contribution < -0.4 is 5.32 Å². The van der Waals surface area contributed by atoms with Crippen molar-refractivity contribution >= 4 is 40.9 Å². The molecule has 9 heteroatoms. The van der Waals surface area contributed by atoms with Crippen molar-refractivity contribution in [2.45, 2.75) is 37.1 Å². The number of carboxylic acids is 1. The number of amides is 1. The number of nitrogens with zero attached hydrogens (tertiary/aromatic N) is 1. The average Bonchev–Trinajstić information content (AvgIpc) is 3.27. The van der Waals surface area contributed by atoms with Gasteiger partial charge in [0.05, 0.1) is 17.9 Å². The van der Waals surface area contributed by atoms with Crippen molar-refractivity contribution in [1.29, 1.82) is 0 Å². The molecule has 0 spiro atoms. The van der Waals surface area contributed by atoms with Gasteiger partial charge in [-0.1, -0.05) is 36.4 Å². The summed E-state index contributed by atoms with van der Waals surface area (Å²) < 4.78 is 5.25. The van der Waals surface area contributed by atoms with Crippen LogP contribution in [0.25, 0.3) is 0 Å². The van der Waals surface area contributed by atoms with E-state index in [2.05, 4.69) is 5.32 Å². The molecule has 32 heavy (non-hydrogen) atoms. The Bertz CT molecular complexity index is 891. The van der Waals surface area contributed by atoms with Gasteiger partial charge in [0.2, 0.25) is 5.91 Å². The minimum absolute atomic E-state index is 0.00420. The molecule has 2 N–H and O–H groups in total. The van der Waals surface area contributed by atoms with Crippen LogP contribution in [-0.2, 0) is 25.5 Å². The summed E-state index contributed by atoms with van der Waals surface area (Å²) in [4.78, 5) is 39.7. The molecule has 1 aromatic heterocycles. The molecule has 3 rings (SSSR count). The Labute approximate surface area is 196 Å². The molecule has 1 aromatic carbocycles. The quantitative estimate of drug-likeness (QED) is 0.509. The highest BCUT2D eigenvalue weighted by atomic mass is 32.2. The van der Waals surface area contributed by atoms with E-state index in [1.165, 1.54) is 4.90 Å². The van der Waals surface area contributed by atoms with Crippen LogP contribution in [0.15, 0.2) is 47.8 Å². The lowest BCUT2D eigenvalue weighted by Gasteiger charge is -2.26. The standard InChI is InChI=1S/C23H28N2O5S2/c1-2-30-23(29)17(11-10-16-7-4-3-5-8-16)24-18-15-32-20(19-9-6-12-31-19)13-25(22(18)28)14-21(26)27/h3-9,12,17-18,20,24H,2,10-11,13-15H2,1H3,(H,26,27)/t17-,18+,20-/m0/s1. The maximum Gasteiger partial charge on any atom is 0.323 e. The third-order valence-electron chi connectivity index (χ3n) is 5.18. The highest BCUT2D eigenvalue weighted by Crippen LogP contribution is 2.35. The van der Waals surface area contributed by atoms with Crippen LogP contribution in [0.4, 0.5) is 0 Å². The molecule has 2 heterocycles. The minimum atomic E-state index is -1.06. The third kappa shape index (κ3) is 6.82. The van der Waals surface area contributed by atoms with Gasteiger partial charge in [-0.3, -0.25) is 19.7 Å². The molecule has 2 aromatic rings. The first kappa shape index (κ1) is 24.3. The van der Waals surface area contributed by atoms with Crippen molar-refractivity contribution in [3.63, 3.8) is 0 Å². The van der Waals surface area contributed by atoms with E-state index in [1.54, 1.807) is 30.0 Å². The minimum Gasteiger partial charge on any atom is -0.480 e. The number of nitrogens with one attached hydrogen (secondary N) is 1. The zero-order valence-electron chi connectivity index (χ0n) is 17.9. The van der Waals surface area contributed by atoms with Crippen molar-refractivity contribution in [2.24, 2.45) is 0 Å². The second kappa shape index (κ2) is 12.0. The summed E-state index contributed by atoms with van der Waals surface area (Å²) in [5.74, 6) is -1.31. The molecule has 3 atom stereocenters. The fraction of sp³-hybridized carbons (Fsp3) is 0.435. The molecule has 172 valence electrons. The van der Waals surface area contributed by atoms with E-state index < -0.39 is 24.0 Å². The molecular formula is C23H28N2O5S2. The number of thiophene rings is 1. The third-order valence-corrected chi connectivity index (χ3v) is 7.65. The van der Waals surface area contributed by atoms with Crippen molar-refractivity contribution in [2.75, 3.05) is 25.4 Å². The van der Waals surface area contributed by atoms with E-state index in [0.717, 1.165) is 10.4 Å². The van der Waals surface area contributed by atoms with E-state index in [-0.39, 0.29) is 24.3 Å². The predicted octanol–water partition coefficient (Wildman–Crippen LogP) is 2.97. The van der Waals surface area contributed by atoms with Crippen LogP contribution in [0.2, 0.25) is 0 Å². The van der Waals surface area contributed by atoms with Gasteiger partial charge in [0, 0.05) is 17.2 Å². The Hall–Kier alpha value is -2.36. The molecule has 1 aliphatic rings. The van der Waals surface area contributed by atoms with Crippen molar-refractivity contribution in [3.05, 3.63) is 58.3 Å². The molecular weight excluding hydrogens is 448 g/mol. The molecule has 0 unspecified atom stereocenters. The molecule has 0 radical (unpaired) electrons. The number of ether oxygens (including phenoxy) is 1. The van der Waals surface area contributed by atoms with Crippen LogP contribution in [0, 0.1) is 0 Å². The molecule has 0 bridgehead atoms. The zero-order valence-corrected chi connectivity index (χ0v) is 19.6. The molecule has 1 aliphatic heterocycles. The number of rotatable bonds is 10. The van der Waals surface area contributed by atoms with Crippen molar-refractivity contribution < 1.29 is 24.2 Å². The number of hydrogen-bond acceptors (Lipinski definition) is 7. The number of hydrogen-bond donors (Lipinski definition) is 2. The van der Waals surface area contributed by atoms with Crippen LogP contribution in [0.1, 0.15) is 29.0 Å². The lowest BCUT2D eigenvalue weighted by Crippen LogP contribution is -2.53. The summed E-state index contributed by atoms with van der Waals surface area (Å²) in [6, 6.07) is 12.4. The molecule has 1 fully saturated rings. The summed E-state index contributed by atoms with van der Waals surface area (Å²) >= 11 is 3.20. The van der Waals surface area contributed by atoms with Gasteiger partial charge in [-0.15, -0.1) is 23.1 Å². The topological polar surface area (TPSA) is 95.9 Å². The second-order valence-electron chi connectivity index (χ2n) is 7.50. The number of aliphatic carboxylic acids is 1. The molecule has 1 amide bonds. The molecule has 1 saturated heterocycles. The van der Waals surface area contributed by atoms with Crippen LogP contribution in [0.3, 0.4) is 0 Å². The van der Waals surface area contributed by atoms with Crippen molar-refractivity contribution in [1.82, 2.24) is 10.2 Å². The van der Waals surface area contributed by atoms with Gasteiger partial charge in [-0.2, -0.15) is 0 Å². The van der Waals surface area contributed by atoms with Crippen molar-refractivity contribution in [3.8, 4) is 0 Å². The number of carboxylic acid groups (broad SMARTS) is 1. The SMILES string of the molecule is CCOC(=O)[C@H](CCc1ccccc1)N[C@@H]1CS[C@H](c2cccs2)CN(CC(=O)O)C1=O. The van der Waals surface area contributed by atoms with Gasteiger partial charge in [0.25, 0.3) is 0 Å². The Kier molecular flexibility index (Phi) is 9.13. The molecule has 0 saturated carbocycles. The van der Waals surface area contributed by atoms with E-state index in [9.17, 15) is 19.5 Å². The Balaban J connectivity index is 1.75. The van der Waals surface area contributed by atoms with Gasteiger partial charge in [-0.05, 0) is 36.8 Å². The molecule has 0 aliphatic carbocycles. The number of benzene rings is 1. The summed E-state index contributed by atoms with van der Waals surface area (Å²) in [6.45, 7) is 1.95. The van der Waals surface area contributed by atoms with Gasteiger partial charge in [0.1, 0.15) is 12.6 Å². The normalized spacial score (nSPS) is 19.9. The number of aryl methyl sites for hydroxylation is 1. The Morgan fingerprint density at radius 3 is 2.69 bits per heavy atom. The maximum absolute atomic E-state index is 13.2. The lowest BCUT2D eigenvalue weighted by molar-refractivity contribution is -0.148. The average molecular weight is 477 g/mol. The van der Waals surface area contributed by atoms with Crippen LogP contribution in [0.5, 0.6) is 0 Å². The largest absolute Gasteiger partial charge is 0.480 e. The first-order valence-electron chi connectivity index (χ1n) is 10.6. The summed E-state index contributed by atoms with van der Waals surface area (Å²) in [5, 5.41) is 14.5. The van der Waals surface area contributed by atoms with E-state index in [4.69, 9.17) is 4.74 Å². The highest BCUT2D eigenvalue weighted by molar-refractivity contribution is 7.99. The predicted molar refractivity (Wildman–Crippen MR) is 126 cm³/mol. The second-order valence-corrected chi connectivity index (χ2v) is 9.71. The number of thioether (sulfide) groups is 1. The van der Waals surface area contributed by atoms with Crippen LogP contribution >= 0.6 is 23.1 Å². The zero-order chi connectivity index (χ0) is 22.9. The molecule has 7 nitrogen and oxygen atoms in total. The van der Waals surface area contributed by atoms with Gasteiger partial charge < -0.3 is 14.7 Å². The Morgan fingerprint density at radius 2 is 2.03 bits per heavy atom. The van der Waals surface area contributed by atoms with Gasteiger partial charge in [0.15, 0.2) is 0 Å². The maximum atomic E-state index is 13.2. The fourth-order valence-corrected chi connectivity index (χ4v) is 5.89. The lowest BCUT2D eigenvalue weighted by atomic mass is 10.0. The van der Waals surface area contributed by atoms with Gasteiger partial charge in [-0.25, -0.2) is 0 Å². The first-order chi connectivity index (χ1) is 15.5. The summed E-state index contributed by atoms with van der Waals surface area (Å²) in [7, 11) is 0.